The monoisotopic (exact) mass is 246 g/mol. The van der Waals surface area contributed by atoms with Gasteiger partial charge in [0.1, 0.15) is 0 Å². The Labute approximate surface area is 104 Å². The Hall–Kier alpha value is -0.200. The summed E-state index contributed by atoms with van der Waals surface area (Å²) in [6.45, 7) is 9.23. The first kappa shape index (κ1) is 14.9. The minimum Gasteiger partial charge on any atom is -0.396 e. The van der Waals surface area contributed by atoms with Gasteiger partial charge in [0, 0.05) is 37.6 Å². The molecule has 5 heteroatoms. The fourth-order valence-electron chi connectivity index (χ4n) is 1.82. The molecule has 1 aliphatic heterocycles. The highest BCUT2D eigenvalue weighted by Crippen LogP contribution is 2.12. The van der Waals surface area contributed by atoms with Gasteiger partial charge in [-0.2, -0.15) is 0 Å². The van der Waals surface area contributed by atoms with Crippen molar-refractivity contribution in [3.8, 4) is 0 Å². The second-order valence-electron chi connectivity index (χ2n) is 5.32. The van der Waals surface area contributed by atoms with Gasteiger partial charge in [-0.15, -0.1) is 0 Å². The summed E-state index contributed by atoms with van der Waals surface area (Å²) in [5.41, 5.74) is -0.431. The van der Waals surface area contributed by atoms with Crippen LogP contribution in [0.3, 0.4) is 0 Å². The molecule has 1 unspecified atom stereocenters. The molecule has 0 aliphatic carbocycles. The number of aliphatic hydroxyl groups is 2. The average Bonchev–Trinajstić information content (AvgIpc) is 2.37. The van der Waals surface area contributed by atoms with Gasteiger partial charge in [0.2, 0.25) is 0 Å². The molecule has 1 rings (SSSR count). The molecule has 3 N–H and O–H groups in total. The molecule has 0 saturated carbocycles. The van der Waals surface area contributed by atoms with Gasteiger partial charge in [0.15, 0.2) is 0 Å². The Balaban J connectivity index is 2.21. The molecule has 0 amide bonds. The normalized spacial score (nSPS) is 20.5. The van der Waals surface area contributed by atoms with Gasteiger partial charge in [0.05, 0.1) is 26.4 Å². The summed E-state index contributed by atoms with van der Waals surface area (Å²) in [4.78, 5) is 2.37. The Morgan fingerprint density at radius 1 is 1.29 bits per heavy atom. The first-order chi connectivity index (χ1) is 8.09. The molecule has 1 saturated heterocycles. The topological polar surface area (TPSA) is 65.0 Å². The van der Waals surface area contributed by atoms with Crippen molar-refractivity contribution in [1.82, 2.24) is 10.2 Å². The molecule has 0 radical (unpaired) electrons. The van der Waals surface area contributed by atoms with Crippen LogP contribution in [0.1, 0.15) is 13.8 Å². The fourth-order valence-corrected chi connectivity index (χ4v) is 1.82. The average molecular weight is 246 g/mol. The molecular formula is C12H26N2O3. The summed E-state index contributed by atoms with van der Waals surface area (Å²) >= 11 is 0. The highest BCUT2D eigenvalue weighted by Gasteiger charge is 2.23. The van der Waals surface area contributed by atoms with Crippen molar-refractivity contribution in [3.05, 3.63) is 0 Å². The third-order valence-corrected chi connectivity index (χ3v) is 3.28. The number of rotatable bonds is 7. The van der Waals surface area contributed by atoms with Crippen LogP contribution < -0.4 is 5.32 Å². The number of hydrogen-bond donors (Lipinski definition) is 3. The van der Waals surface area contributed by atoms with Crippen molar-refractivity contribution in [2.75, 3.05) is 52.6 Å². The molecule has 0 aromatic heterocycles. The Kier molecular flexibility index (Phi) is 6.37. The van der Waals surface area contributed by atoms with E-state index in [4.69, 9.17) is 4.74 Å². The molecule has 0 aromatic rings. The Morgan fingerprint density at radius 3 is 2.41 bits per heavy atom. The predicted octanol–water partition coefficient (Wildman–Crippen LogP) is -0.712. The van der Waals surface area contributed by atoms with Crippen LogP contribution in [0.5, 0.6) is 0 Å². The van der Waals surface area contributed by atoms with Gasteiger partial charge >= 0.3 is 0 Å². The molecule has 0 spiro atoms. The molecule has 1 fully saturated rings. The molecule has 1 heterocycles. The maximum Gasteiger partial charge on any atom is 0.0594 e. The van der Waals surface area contributed by atoms with Gasteiger partial charge in [-0.25, -0.2) is 0 Å². The molecule has 17 heavy (non-hydrogen) atoms. The van der Waals surface area contributed by atoms with Crippen molar-refractivity contribution >= 4 is 0 Å². The Morgan fingerprint density at radius 2 is 1.88 bits per heavy atom. The number of hydrogen-bond acceptors (Lipinski definition) is 5. The number of nitrogens with one attached hydrogen (secondary N) is 1. The van der Waals surface area contributed by atoms with E-state index in [9.17, 15) is 10.2 Å². The lowest BCUT2D eigenvalue weighted by Gasteiger charge is -2.32. The minimum absolute atomic E-state index is 0.000768. The standard InChI is InChI=1S/C12H26N2O3/c1-11(7-14-3-5-17-6-4-14)13-8-12(2,9-15)10-16/h11,13,15-16H,3-10H2,1-2H3. The molecule has 0 aromatic carbocycles. The quantitative estimate of drug-likeness (QED) is 0.554. The number of morpholine rings is 1. The lowest BCUT2D eigenvalue weighted by molar-refractivity contribution is 0.0314. The van der Waals surface area contributed by atoms with E-state index < -0.39 is 5.41 Å². The van der Waals surface area contributed by atoms with Crippen LogP contribution in [0.25, 0.3) is 0 Å². The van der Waals surface area contributed by atoms with Crippen LogP contribution in [0, 0.1) is 5.41 Å². The fraction of sp³-hybridized carbons (Fsp3) is 1.00. The molecule has 5 nitrogen and oxygen atoms in total. The van der Waals surface area contributed by atoms with Crippen LogP contribution in [0.15, 0.2) is 0 Å². The zero-order valence-electron chi connectivity index (χ0n) is 11.0. The smallest absolute Gasteiger partial charge is 0.0594 e. The minimum atomic E-state index is -0.431. The van der Waals surface area contributed by atoms with E-state index in [-0.39, 0.29) is 13.2 Å². The predicted molar refractivity (Wildman–Crippen MR) is 67.0 cm³/mol. The first-order valence-electron chi connectivity index (χ1n) is 6.35. The summed E-state index contributed by atoms with van der Waals surface area (Å²) in [6, 6.07) is 0.352. The molecular weight excluding hydrogens is 220 g/mol. The summed E-state index contributed by atoms with van der Waals surface area (Å²) < 4.78 is 5.30. The van der Waals surface area contributed by atoms with Crippen LogP contribution in [-0.4, -0.2) is 73.8 Å². The number of aliphatic hydroxyl groups excluding tert-OH is 2. The third kappa shape index (κ3) is 5.31. The largest absolute Gasteiger partial charge is 0.396 e. The maximum atomic E-state index is 9.19. The van der Waals surface area contributed by atoms with Gasteiger partial charge in [-0.05, 0) is 6.92 Å². The SMILES string of the molecule is CC(CN1CCOCC1)NCC(C)(CO)CO. The summed E-state index contributed by atoms with van der Waals surface area (Å²) in [6.07, 6.45) is 0. The maximum absolute atomic E-state index is 9.19. The number of nitrogens with zero attached hydrogens (tertiary/aromatic N) is 1. The van der Waals surface area contributed by atoms with Crippen LogP contribution >= 0.6 is 0 Å². The first-order valence-corrected chi connectivity index (χ1v) is 6.35. The van der Waals surface area contributed by atoms with E-state index in [2.05, 4.69) is 17.1 Å². The van der Waals surface area contributed by atoms with Gasteiger partial charge in [-0.3, -0.25) is 4.90 Å². The van der Waals surface area contributed by atoms with E-state index in [1.54, 1.807) is 0 Å². The third-order valence-electron chi connectivity index (χ3n) is 3.28. The van der Waals surface area contributed by atoms with Crippen molar-refractivity contribution in [2.24, 2.45) is 5.41 Å². The second kappa shape index (κ2) is 7.28. The van der Waals surface area contributed by atoms with E-state index in [1.807, 2.05) is 6.92 Å². The molecule has 1 aliphatic rings. The molecule has 102 valence electrons. The van der Waals surface area contributed by atoms with Crippen molar-refractivity contribution < 1.29 is 14.9 Å². The molecule has 1 atom stereocenters. The summed E-state index contributed by atoms with van der Waals surface area (Å²) in [7, 11) is 0. The van der Waals surface area contributed by atoms with Crippen LogP contribution in [0.2, 0.25) is 0 Å². The lowest BCUT2D eigenvalue weighted by Crippen LogP contribution is -2.48. The summed E-state index contributed by atoms with van der Waals surface area (Å²) in [5, 5.41) is 21.8. The lowest BCUT2D eigenvalue weighted by atomic mass is 9.93. The van der Waals surface area contributed by atoms with Crippen molar-refractivity contribution in [1.29, 1.82) is 0 Å². The highest BCUT2D eigenvalue weighted by atomic mass is 16.5. The number of ether oxygens (including phenoxy) is 1. The van der Waals surface area contributed by atoms with E-state index in [1.165, 1.54) is 0 Å². The van der Waals surface area contributed by atoms with Crippen molar-refractivity contribution in [3.63, 3.8) is 0 Å². The van der Waals surface area contributed by atoms with Gasteiger partial charge in [-0.1, -0.05) is 6.92 Å². The Bertz CT molecular complexity index is 204. The van der Waals surface area contributed by atoms with E-state index >= 15 is 0 Å². The van der Waals surface area contributed by atoms with Gasteiger partial charge in [0.25, 0.3) is 0 Å². The van der Waals surface area contributed by atoms with E-state index in [0.29, 0.717) is 12.6 Å². The zero-order valence-corrected chi connectivity index (χ0v) is 11.0. The zero-order chi connectivity index (χ0) is 12.7. The van der Waals surface area contributed by atoms with Crippen molar-refractivity contribution in [2.45, 2.75) is 19.9 Å². The highest BCUT2D eigenvalue weighted by molar-refractivity contribution is 4.78. The molecule has 0 bridgehead atoms. The van der Waals surface area contributed by atoms with Crippen LogP contribution in [0.4, 0.5) is 0 Å². The van der Waals surface area contributed by atoms with Crippen LogP contribution in [-0.2, 0) is 4.74 Å². The van der Waals surface area contributed by atoms with E-state index in [0.717, 1.165) is 32.8 Å². The summed E-state index contributed by atoms with van der Waals surface area (Å²) in [5.74, 6) is 0. The van der Waals surface area contributed by atoms with Gasteiger partial charge < -0.3 is 20.3 Å². The second-order valence-corrected chi connectivity index (χ2v) is 5.32.